The van der Waals surface area contributed by atoms with Crippen LogP contribution in [-0.4, -0.2) is 74.6 Å². The number of carbonyl (C=O) groups is 4. The topological polar surface area (TPSA) is 125 Å². The summed E-state index contributed by atoms with van der Waals surface area (Å²) in [5, 5.41) is 17.3. The van der Waals surface area contributed by atoms with Gasteiger partial charge in [0.1, 0.15) is 11.5 Å². The number of phenolic OH excluding ortho intramolecular Hbond substituents is 1. The van der Waals surface area contributed by atoms with E-state index in [1.807, 2.05) is 56.3 Å². The van der Waals surface area contributed by atoms with Crippen molar-refractivity contribution >= 4 is 74.1 Å². The quantitative estimate of drug-likeness (QED) is 0.128. The Morgan fingerprint density at radius 1 is 0.951 bits per heavy atom. The number of aromatic nitrogens is 2. The Kier molecular flexibility index (Phi) is 9.74. The van der Waals surface area contributed by atoms with E-state index < -0.39 is 40.9 Å². The monoisotopic (exact) mass is 877 g/mol. The molecule has 4 amide bonds. The van der Waals surface area contributed by atoms with Gasteiger partial charge in [0.2, 0.25) is 23.6 Å². The molecule has 10 rings (SSSR count). The maximum Gasteiger partial charge on any atom is 0.242 e. The molecule has 3 aromatic carbocycles. The fourth-order valence-electron chi connectivity index (χ4n) is 11.3. The minimum atomic E-state index is -1.33. The molecule has 2 aliphatic carbocycles. The highest BCUT2D eigenvalue weighted by molar-refractivity contribution is 7.22. The molecule has 3 saturated heterocycles. The number of thiophene rings is 1. The van der Waals surface area contributed by atoms with Crippen LogP contribution in [0.3, 0.4) is 0 Å². The molecule has 0 spiro atoms. The van der Waals surface area contributed by atoms with E-state index in [4.69, 9.17) is 33.0 Å². The third kappa shape index (κ3) is 6.11. The van der Waals surface area contributed by atoms with Crippen LogP contribution < -0.4 is 9.64 Å². The number of methoxy groups -OCH3 is 1. The summed E-state index contributed by atoms with van der Waals surface area (Å²) in [5.74, 6) is -4.22. The molecule has 11 nitrogen and oxygen atoms in total. The smallest absolute Gasteiger partial charge is 0.242 e. The van der Waals surface area contributed by atoms with Crippen molar-refractivity contribution in [2.45, 2.75) is 58.0 Å². The van der Waals surface area contributed by atoms with Crippen LogP contribution in [-0.2, 0) is 32.8 Å². The van der Waals surface area contributed by atoms with Crippen molar-refractivity contribution in [3.63, 3.8) is 0 Å². The third-order valence-corrected chi connectivity index (χ3v) is 16.1. The number of likely N-dealkylation sites (tertiary alicyclic amines) is 2. The van der Waals surface area contributed by atoms with Crippen molar-refractivity contribution in [1.82, 2.24) is 19.6 Å². The normalized spacial score (nSPS) is 26.9. The van der Waals surface area contributed by atoms with Gasteiger partial charge in [-0.3, -0.25) is 33.7 Å². The number of fused-ring (bicyclic) bond motifs is 5. The highest BCUT2D eigenvalue weighted by Gasteiger charge is 2.68. The Labute approximate surface area is 367 Å². The molecule has 0 radical (unpaired) electrons. The third-order valence-electron chi connectivity index (χ3n) is 14.3. The SMILES string of the molecule is COc1cc([C@H]2C3=CC[C@@H]4C(=O)N(C5CCN(Cc6ccccc6)CC5)C(=O)[C@@H]4[C@@H]3C[C@H]3C(=O)N(c4cc(-c5sc6ccc(Cl)cc6c5C)nn4C)C(=O)[C@@]23C)cc(Cl)c1O. The van der Waals surface area contributed by atoms with Gasteiger partial charge in [-0.1, -0.05) is 65.2 Å². The lowest BCUT2D eigenvalue weighted by Crippen LogP contribution is -2.49. The van der Waals surface area contributed by atoms with E-state index in [1.165, 1.54) is 17.6 Å². The van der Waals surface area contributed by atoms with Gasteiger partial charge in [0.25, 0.3) is 0 Å². The van der Waals surface area contributed by atoms with Crippen LogP contribution in [0.4, 0.5) is 5.82 Å². The summed E-state index contributed by atoms with van der Waals surface area (Å²) in [6.45, 7) is 6.19. The van der Waals surface area contributed by atoms with Crippen LogP contribution in [0.15, 0.2) is 78.4 Å². The summed E-state index contributed by atoms with van der Waals surface area (Å²) in [7, 11) is 3.15. The largest absolute Gasteiger partial charge is 0.503 e. The van der Waals surface area contributed by atoms with Crippen LogP contribution in [0.1, 0.15) is 55.2 Å². The number of rotatable bonds is 7. The van der Waals surface area contributed by atoms with Crippen LogP contribution >= 0.6 is 34.5 Å². The summed E-state index contributed by atoms with van der Waals surface area (Å²) in [6, 6.07) is 20.9. The molecular weight excluding hydrogens is 834 g/mol. The number of amides is 4. The number of hydrogen-bond donors (Lipinski definition) is 1. The molecular formula is C47H45Cl2N5O6S. The minimum absolute atomic E-state index is 0.0349. The Morgan fingerprint density at radius 3 is 2.44 bits per heavy atom. The van der Waals surface area contributed by atoms with E-state index in [0.29, 0.717) is 41.4 Å². The minimum Gasteiger partial charge on any atom is -0.503 e. The first-order valence-electron chi connectivity index (χ1n) is 20.8. The standard InChI is InChI=1S/C47H45Cl2N5O6S/c1-24-31-20-27(48)10-13-37(31)61-42(24)35-22-38(51(3)50-35)54-44(57)33-21-32-29(40(47(33,2)46(54)59)26-18-34(49)41(55)36(19-26)60-4)11-12-30-39(32)45(58)53(43(30)56)28-14-16-52(17-15-28)23-25-8-6-5-7-9-25/h5-11,13,18-20,22,28,30,32-33,39-40,55H,12,14-17,21,23H2,1-4H3/t30-,32+,33-,39-,40-,47+/m0/s1. The predicted octanol–water partition coefficient (Wildman–Crippen LogP) is 8.53. The number of allylic oxidation sites excluding steroid dienone is 2. The number of benzene rings is 3. The molecule has 4 fully saturated rings. The number of aryl methyl sites for hydroxylation is 2. The molecule has 0 unspecified atom stereocenters. The number of ether oxygens (including phenoxy) is 1. The van der Waals surface area contributed by atoms with Crippen molar-refractivity contribution < 1.29 is 29.0 Å². The first kappa shape index (κ1) is 40.1. The van der Waals surface area contributed by atoms with Gasteiger partial charge in [-0.05, 0) is 97.9 Å². The molecule has 1 N–H and O–H groups in total. The van der Waals surface area contributed by atoms with Crippen molar-refractivity contribution in [2.75, 3.05) is 25.1 Å². The Balaban J connectivity index is 1.01. The number of anilines is 1. The number of hydrogen-bond acceptors (Lipinski definition) is 9. The predicted molar refractivity (Wildman–Crippen MR) is 235 cm³/mol. The van der Waals surface area contributed by atoms with Crippen molar-refractivity contribution in [3.05, 3.63) is 105 Å². The van der Waals surface area contributed by atoms with Gasteiger partial charge in [-0.15, -0.1) is 11.3 Å². The zero-order valence-corrected chi connectivity index (χ0v) is 36.6. The summed E-state index contributed by atoms with van der Waals surface area (Å²) >= 11 is 14.6. The van der Waals surface area contributed by atoms with Gasteiger partial charge in [0, 0.05) is 54.4 Å². The highest BCUT2D eigenvalue weighted by Crippen LogP contribution is 2.64. The Hall–Kier alpha value is -5.01. The fraction of sp³-hybridized carbons (Fsp3) is 0.383. The lowest BCUT2D eigenvalue weighted by Gasteiger charge is -2.49. The van der Waals surface area contributed by atoms with Gasteiger partial charge < -0.3 is 9.84 Å². The second kappa shape index (κ2) is 14.8. The molecule has 61 heavy (non-hydrogen) atoms. The fourth-order valence-corrected chi connectivity index (χ4v) is 12.8. The second-order valence-corrected chi connectivity index (χ2v) is 19.4. The summed E-state index contributed by atoms with van der Waals surface area (Å²) in [6.07, 6.45) is 3.95. The van der Waals surface area contributed by atoms with Crippen molar-refractivity contribution in [2.24, 2.45) is 36.1 Å². The molecule has 5 aliphatic rings. The average Bonchev–Trinajstić information content (AvgIpc) is 3.92. The van der Waals surface area contributed by atoms with Gasteiger partial charge in [-0.2, -0.15) is 5.10 Å². The maximum atomic E-state index is 15.3. The second-order valence-electron chi connectivity index (χ2n) is 17.5. The van der Waals surface area contributed by atoms with E-state index in [1.54, 1.807) is 46.2 Å². The van der Waals surface area contributed by atoms with Crippen molar-refractivity contribution in [3.8, 4) is 22.1 Å². The summed E-state index contributed by atoms with van der Waals surface area (Å²) < 4.78 is 8.17. The van der Waals surface area contributed by atoms with E-state index in [2.05, 4.69) is 17.0 Å². The number of nitrogens with zero attached hydrogens (tertiary/aromatic N) is 5. The molecule has 2 aromatic heterocycles. The van der Waals surface area contributed by atoms with Gasteiger partial charge in [0.15, 0.2) is 11.5 Å². The van der Waals surface area contributed by atoms with E-state index in [0.717, 1.165) is 45.7 Å². The lowest BCUT2D eigenvalue weighted by molar-refractivity contribution is -0.144. The number of aromatic hydroxyl groups is 1. The number of imide groups is 2. The van der Waals surface area contributed by atoms with Crippen LogP contribution in [0.2, 0.25) is 10.0 Å². The van der Waals surface area contributed by atoms with E-state index in [-0.39, 0.29) is 46.7 Å². The molecule has 5 aromatic rings. The van der Waals surface area contributed by atoms with Crippen LogP contribution in [0.5, 0.6) is 11.5 Å². The first-order valence-corrected chi connectivity index (χ1v) is 22.4. The highest BCUT2D eigenvalue weighted by atomic mass is 35.5. The molecule has 5 heterocycles. The molecule has 1 saturated carbocycles. The zero-order valence-electron chi connectivity index (χ0n) is 34.2. The molecule has 14 heteroatoms. The Morgan fingerprint density at radius 2 is 1.70 bits per heavy atom. The average molecular weight is 879 g/mol. The van der Waals surface area contributed by atoms with Crippen LogP contribution in [0.25, 0.3) is 20.7 Å². The summed E-state index contributed by atoms with van der Waals surface area (Å²) in [4.78, 5) is 65.7. The van der Waals surface area contributed by atoms with Gasteiger partial charge in [-0.25, -0.2) is 4.90 Å². The number of halogens is 2. The maximum absolute atomic E-state index is 15.3. The zero-order chi connectivity index (χ0) is 42.6. The van der Waals surface area contributed by atoms with E-state index in [9.17, 15) is 14.7 Å². The van der Waals surface area contributed by atoms with Crippen LogP contribution in [0, 0.1) is 36.0 Å². The van der Waals surface area contributed by atoms with E-state index >= 15 is 9.59 Å². The molecule has 0 bridgehead atoms. The summed E-state index contributed by atoms with van der Waals surface area (Å²) in [5.41, 5.74) is 2.93. The van der Waals surface area contributed by atoms with Gasteiger partial charge >= 0.3 is 0 Å². The Bertz CT molecular complexity index is 2710. The van der Waals surface area contributed by atoms with Crippen molar-refractivity contribution in [1.29, 1.82) is 0 Å². The first-order chi connectivity index (χ1) is 29.3. The molecule has 314 valence electrons. The number of phenols is 1. The number of piperidine rings is 1. The molecule has 3 aliphatic heterocycles. The lowest BCUT2D eigenvalue weighted by atomic mass is 9.51. The number of carbonyl (C=O) groups excluding carboxylic acids is 4. The van der Waals surface area contributed by atoms with Gasteiger partial charge in [0.05, 0.1) is 40.2 Å². The molecule has 6 atom stereocenters.